The molecule has 0 fully saturated rings. The summed E-state index contributed by atoms with van der Waals surface area (Å²) < 4.78 is 26.5. The molecule has 0 aliphatic heterocycles. The standard InChI is InChI=1S/C28H22Cl4O2S/c29-25-7-3-1-5-21(25)9-15-27(31)17-11-23(12-18-27)35(33,34)24-13-19-28(32,20-14-24)16-10-22-6-2-4-8-26(22)30/h1-20,23-24H/b15-9+,16-10+. The van der Waals surface area contributed by atoms with E-state index in [0.29, 0.717) is 10.0 Å². The van der Waals surface area contributed by atoms with Crippen molar-refractivity contribution < 1.29 is 8.42 Å². The molecule has 0 aromatic heterocycles. The lowest BCUT2D eigenvalue weighted by molar-refractivity contribution is 0.591. The zero-order chi connectivity index (χ0) is 25.1. The van der Waals surface area contributed by atoms with E-state index in [1.165, 1.54) is 0 Å². The monoisotopic (exact) mass is 562 g/mol. The Hall–Kier alpha value is -2.01. The largest absolute Gasteiger partial charge is 0.227 e. The van der Waals surface area contributed by atoms with Gasteiger partial charge in [-0.05, 0) is 23.3 Å². The Kier molecular flexibility index (Phi) is 7.85. The number of rotatable bonds is 6. The minimum Gasteiger partial charge on any atom is -0.227 e. The number of sulfone groups is 1. The van der Waals surface area contributed by atoms with Gasteiger partial charge in [-0.3, -0.25) is 0 Å². The maximum Gasteiger partial charge on any atom is 0.170 e. The van der Waals surface area contributed by atoms with Crippen LogP contribution in [0.5, 0.6) is 0 Å². The van der Waals surface area contributed by atoms with E-state index in [4.69, 9.17) is 46.4 Å². The van der Waals surface area contributed by atoms with Gasteiger partial charge in [-0.15, -0.1) is 23.2 Å². The van der Waals surface area contributed by atoms with Crippen molar-refractivity contribution in [3.8, 4) is 0 Å². The number of benzene rings is 2. The molecule has 0 atom stereocenters. The maximum absolute atomic E-state index is 13.2. The van der Waals surface area contributed by atoms with Gasteiger partial charge in [0.15, 0.2) is 9.84 Å². The molecule has 0 saturated heterocycles. The van der Waals surface area contributed by atoms with Crippen molar-refractivity contribution >= 4 is 68.4 Å². The predicted octanol–water partition coefficient (Wildman–Crippen LogP) is 8.08. The molecule has 0 N–H and O–H groups in total. The zero-order valence-corrected chi connectivity index (χ0v) is 22.3. The molecule has 0 bridgehead atoms. The van der Waals surface area contributed by atoms with E-state index < -0.39 is 30.1 Å². The minimum atomic E-state index is -3.59. The SMILES string of the molecule is O=S(=O)(C1C=CC(Cl)(/C=C/c2ccccc2Cl)C=C1)C1C=CC(Cl)(/C=C/c2ccccc2Cl)C=C1. The van der Waals surface area contributed by atoms with E-state index in [-0.39, 0.29) is 0 Å². The fraction of sp³-hybridized carbons (Fsp3) is 0.143. The Bertz CT molecular complexity index is 1260. The Morgan fingerprint density at radius 1 is 0.629 bits per heavy atom. The molecule has 2 nitrogen and oxygen atoms in total. The van der Waals surface area contributed by atoms with E-state index in [2.05, 4.69) is 0 Å². The van der Waals surface area contributed by atoms with Crippen LogP contribution in [0.2, 0.25) is 10.0 Å². The molecule has 0 saturated carbocycles. The molecule has 180 valence electrons. The van der Waals surface area contributed by atoms with Gasteiger partial charge in [0.05, 0.1) is 20.2 Å². The highest BCUT2D eigenvalue weighted by Gasteiger charge is 2.34. The topological polar surface area (TPSA) is 34.1 Å². The van der Waals surface area contributed by atoms with Crippen LogP contribution in [0.1, 0.15) is 11.1 Å². The first-order chi connectivity index (χ1) is 16.6. The summed E-state index contributed by atoms with van der Waals surface area (Å²) in [6.45, 7) is 0. The van der Waals surface area contributed by atoms with Crippen LogP contribution in [0.15, 0.2) is 109 Å². The van der Waals surface area contributed by atoms with E-state index in [1.54, 1.807) is 72.9 Å². The van der Waals surface area contributed by atoms with Crippen LogP contribution in [0.4, 0.5) is 0 Å². The molecular weight excluding hydrogens is 542 g/mol. The van der Waals surface area contributed by atoms with Crippen LogP contribution in [0.3, 0.4) is 0 Å². The molecule has 2 aromatic rings. The van der Waals surface area contributed by atoms with Crippen molar-refractivity contribution in [3.63, 3.8) is 0 Å². The second kappa shape index (κ2) is 10.5. The molecule has 4 rings (SSSR count). The molecule has 2 aliphatic rings. The summed E-state index contributed by atoms with van der Waals surface area (Å²) in [5.41, 5.74) is 1.66. The smallest absolute Gasteiger partial charge is 0.170 e. The highest BCUT2D eigenvalue weighted by Crippen LogP contribution is 2.33. The maximum atomic E-state index is 13.2. The average Bonchev–Trinajstić information content (AvgIpc) is 2.84. The normalized spacial score (nSPS) is 28.3. The van der Waals surface area contributed by atoms with Crippen molar-refractivity contribution in [2.45, 2.75) is 20.2 Å². The van der Waals surface area contributed by atoms with Gasteiger partial charge in [0.1, 0.15) is 0 Å². The molecule has 0 amide bonds. The van der Waals surface area contributed by atoms with Gasteiger partial charge in [0.25, 0.3) is 0 Å². The lowest BCUT2D eigenvalue weighted by Crippen LogP contribution is -2.32. The molecular formula is C28H22Cl4O2S. The summed E-state index contributed by atoms with van der Waals surface area (Å²) in [5.74, 6) is 0. The fourth-order valence-electron chi connectivity index (χ4n) is 3.71. The van der Waals surface area contributed by atoms with Gasteiger partial charge in [-0.25, -0.2) is 8.42 Å². The van der Waals surface area contributed by atoms with E-state index in [1.807, 2.05) is 48.6 Å². The Labute approximate surface area is 226 Å². The lowest BCUT2D eigenvalue weighted by atomic mass is 10.00. The number of halogens is 4. The van der Waals surface area contributed by atoms with Crippen molar-refractivity contribution in [2.24, 2.45) is 0 Å². The summed E-state index contributed by atoms with van der Waals surface area (Å²) >= 11 is 25.7. The van der Waals surface area contributed by atoms with Gasteiger partial charge in [0.2, 0.25) is 0 Å². The van der Waals surface area contributed by atoms with Crippen molar-refractivity contribution in [2.75, 3.05) is 0 Å². The van der Waals surface area contributed by atoms with Crippen LogP contribution in [-0.2, 0) is 9.84 Å². The molecule has 0 unspecified atom stereocenters. The summed E-state index contributed by atoms with van der Waals surface area (Å²) in [6.07, 6.45) is 20.4. The summed E-state index contributed by atoms with van der Waals surface area (Å²) in [7, 11) is -3.59. The van der Waals surface area contributed by atoms with Gasteiger partial charge in [-0.2, -0.15) is 0 Å². The molecule has 35 heavy (non-hydrogen) atoms. The van der Waals surface area contributed by atoms with Crippen molar-refractivity contribution in [3.05, 3.63) is 130 Å². The first kappa shape index (κ1) is 26.1. The minimum absolute atomic E-state index is 0.612. The molecule has 7 heteroatoms. The van der Waals surface area contributed by atoms with Gasteiger partial charge < -0.3 is 0 Å². The first-order valence-corrected chi connectivity index (χ1v) is 14.0. The number of hydrogen-bond acceptors (Lipinski definition) is 2. The highest BCUT2D eigenvalue weighted by molar-refractivity contribution is 7.93. The van der Waals surface area contributed by atoms with Crippen molar-refractivity contribution in [1.29, 1.82) is 0 Å². The number of allylic oxidation sites excluding steroid dienone is 6. The quantitative estimate of drug-likeness (QED) is 0.263. The third kappa shape index (κ3) is 6.22. The van der Waals surface area contributed by atoms with Crippen molar-refractivity contribution in [1.82, 2.24) is 0 Å². The van der Waals surface area contributed by atoms with E-state index >= 15 is 0 Å². The summed E-state index contributed by atoms with van der Waals surface area (Å²) in [6, 6.07) is 14.8. The van der Waals surface area contributed by atoms with Gasteiger partial charge in [0, 0.05) is 10.0 Å². The van der Waals surface area contributed by atoms with Gasteiger partial charge >= 0.3 is 0 Å². The number of hydrogen-bond donors (Lipinski definition) is 0. The Morgan fingerprint density at radius 2 is 0.971 bits per heavy atom. The third-order valence-electron chi connectivity index (χ3n) is 5.77. The first-order valence-electron chi connectivity index (χ1n) is 10.9. The molecule has 0 spiro atoms. The van der Waals surface area contributed by atoms with Gasteiger partial charge in [-0.1, -0.05) is 133 Å². The molecule has 2 aliphatic carbocycles. The number of alkyl halides is 2. The summed E-state index contributed by atoms with van der Waals surface area (Å²) in [4.78, 5) is -1.86. The Morgan fingerprint density at radius 3 is 1.31 bits per heavy atom. The predicted molar refractivity (Wildman–Crippen MR) is 151 cm³/mol. The second-order valence-corrected chi connectivity index (χ2v) is 12.7. The van der Waals surface area contributed by atoms with E-state index in [9.17, 15) is 8.42 Å². The van der Waals surface area contributed by atoms with Crippen LogP contribution >= 0.6 is 46.4 Å². The summed E-state index contributed by atoms with van der Waals surface area (Å²) in [5, 5.41) is -0.379. The third-order valence-corrected chi connectivity index (χ3v) is 9.36. The van der Waals surface area contributed by atoms with Crippen LogP contribution in [0.25, 0.3) is 12.2 Å². The molecule has 0 heterocycles. The average molecular weight is 564 g/mol. The zero-order valence-electron chi connectivity index (χ0n) is 18.4. The van der Waals surface area contributed by atoms with Crippen LogP contribution < -0.4 is 0 Å². The fourth-order valence-corrected chi connectivity index (χ4v) is 6.07. The lowest BCUT2D eigenvalue weighted by Gasteiger charge is -2.26. The van der Waals surface area contributed by atoms with Crippen LogP contribution in [0, 0.1) is 0 Å². The Balaban J connectivity index is 1.45. The molecule has 2 aromatic carbocycles. The molecule has 0 radical (unpaired) electrons. The van der Waals surface area contributed by atoms with Crippen LogP contribution in [-0.4, -0.2) is 28.7 Å². The second-order valence-electron chi connectivity index (χ2n) is 8.32. The van der Waals surface area contributed by atoms with E-state index in [0.717, 1.165) is 11.1 Å². The highest BCUT2D eigenvalue weighted by atomic mass is 35.5.